The van der Waals surface area contributed by atoms with Crippen LogP contribution in [0.15, 0.2) is 53.4 Å². The lowest BCUT2D eigenvalue weighted by Gasteiger charge is -2.24. The molecular formula is C24H27N3O7S. The van der Waals surface area contributed by atoms with E-state index in [0.29, 0.717) is 36.8 Å². The predicted molar refractivity (Wildman–Crippen MR) is 129 cm³/mol. The van der Waals surface area contributed by atoms with Crippen LogP contribution in [0.25, 0.3) is 0 Å². The maximum atomic E-state index is 12.7. The molecule has 1 saturated heterocycles. The van der Waals surface area contributed by atoms with Gasteiger partial charge < -0.3 is 19.9 Å². The summed E-state index contributed by atoms with van der Waals surface area (Å²) in [6.45, 7) is 3.22. The van der Waals surface area contributed by atoms with Gasteiger partial charge in [-0.05, 0) is 48.5 Å². The Morgan fingerprint density at radius 1 is 1.09 bits per heavy atom. The van der Waals surface area contributed by atoms with E-state index in [4.69, 9.17) is 9.47 Å². The van der Waals surface area contributed by atoms with Gasteiger partial charge in [0.15, 0.2) is 0 Å². The van der Waals surface area contributed by atoms with Crippen molar-refractivity contribution in [3.8, 4) is 17.6 Å². The fraction of sp³-hybridized carbons (Fsp3) is 0.333. The molecule has 1 heterocycles. The van der Waals surface area contributed by atoms with Crippen LogP contribution in [-0.2, 0) is 19.6 Å². The maximum absolute atomic E-state index is 12.7. The number of rotatable bonds is 9. The lowest BCUT2D eigenvalue weighted by Crippen LogP contribution is -2.40. The molecule has 1 amide bonds. The first kappa shape index (κ1) is 26.2. The Hall–Kier alpha value is -3.43. The molecule has 0 aliphatic carbocycles. The van der Waals surface area contributed by atoms with Gasteiger partial charge in [0.05, 0.1) is 31.8 Å². The molecule has 1 fully saturated rings. The zero-order valence-electron chi connectivity index (χ0n) is 19.2. The van der Waals surface area contributed by atoms with Gasteiger partial charge in [0, 0.05) is 30.8 Å². The van der Waals surface area contributed by atoms with E-state index >= 15 is 0 Å². The first-order chi connectivity index (χ1) is 16.8. The molecule has 3 N–H and O–H groups in total. The average molecular weight is 502 g/mol. The molecule has 186 valence electrons. The Kier molecular flexibility index (Phi) is 9.22. The number of carboxylic acid groups (broad SMARTS) is 1. The molecule has 3 rings (SSSR count). The number of methoxy groups -OCH3 is 1. The lowest BCUT2D eigenvalue weighted by atomic mass is 10.2. The van der Waals surface area contributed by atoms with Gasteiger partial charge in [-0.1, -0.05) is 11.8 Å². The summed E-state index contributed by atoms with van der Waals surface area (Å²) in [6, 6.07) is 10.5. The molecule has 0 saturated carbocycles. The smallest absolute Gasteiger partial charge is 0.322 e. The van der Waals surface area contributed by atoms with Crippen molar-refractivity contribution >= 4 is 27.6 Å². The van der Waals surface area contributed by atoms with Crippen molar-refractivity contribution in [2.75, 3.05) is 45.3 Å². The SMILES string of the molecule is COc1ccc(C(=O)Nc2ccc(S(=O)(=O)NC(CC#CCN3CCOCC3)C(=O)O)cc2)cc1. The number of morpholine rings is 1. The van der Waals surface area contributed by atoms with E-state index in [1.807, 2.05) is 0 Å². The van der Waals surface area contributed by atoms with E-state index in [1.54, 1.807) is 24.3 Å². The van der Waals surface area contributed by atoms with E-state index in [0.717, 1.165) is 13.1 Å². The fourth-order valence-corrected chi connectivity index (χ4v) is 4.39. The standard InChI is InChI=1S/C24H27N3O7S/c1-33-20-9-5-18(6-10-20)23(28)25-19-7-11-21(12-8-19)35(31,32)26-22(24(29)30)4-2-3-13-27-14-16-34-17-15-27/h5-12,22,26H,4,13-17H2,1H3,(H,25,28)(H,29,30). The number of ether oxygens (including phenoxy) is 2. The van der Waals surface area contributed by atoms with Crippen LogP contribution in [0.3, 0.4) is 0 Å². The first-order valence-electron chi connectivity index (χ1n) is 10.8. The third kappa shape index (κ3) is 7.80. The number of hydrogen-bond acceptors (Lipinski definition) is 7. The molecular weight excluding hydrogens is 474 g/mol. The Bertz CT molecular complexity index is 1180. The summed E-state index contributed by atoms with van der Waals surface area (Å²) in [4.78, 5) is 25.9. The number of carbonyl (C=O) groups excluding carboxylic acids is 1. The quantitative estimate of drug-likeness (QED) is 0.439. The van der Waals surface area contributed by atoms with Crippen LogP contribution in [0.1, 0.15) is 16.8 Å². The van der Waals surface area contributed by atoms with Crippen molar-refractivity contribution in [2.24, 2.45) is 0 Å². The molecule has 0 bridgehead atoms. The fourth-order valence-electron chi connectivity index (χ4n) is 3.20. The molecule has 1 atom stereocenters. The second kappa shape index (κ2) is 12.3. The van der Waals surface area contributed by atoms with E-state index in [2.05, 4.69) is 26.8 Å². The minimum absolute atomic E-state index is 0.132. The van der Waals surface area contributed by atoms with Crippen LogP contribution in [0.2, 0.25) is 0 Å². The normalized spacial score (nSPS) is 14.9. The number of carboxylic acids is 1. The van der Waals surface area contributed by atoms with Crippen molar-refractivity contribution in [1.29, 1.82) is 0 Å². The van der Waals surface area contributed by atoms with Crippen molar-refractivity contribution in [1.82, 2.24) is 9.62 Å². The third-order valence-electron chi connectivity index (χ3n) is 5.21. The van der Waals surface area contributed by atoms with Crippen molar-refractivity contribution in [3.05, 3.63) is 54.1 Å². The molecule has 0 spiro atoms. The van der Waals surface area contributed by atoms with E-state index in [9.17, 15) is 23.1 Å². The Labute approximate surface area is 204 Å². The summed E-state index contributed by atoms with van der Waals surface area (Å²) < 4.78 is 37.9. The summed E-state index contributed by atoms with van der Waals surface area (Å²) in [5, 5.41) is 12.1. The summed E-state index contributed by atoms with van der Waals surface area (Å²) in [6.07, 6.45) is -0.172. The minimum atomic E-state index is -4.12. The monoisotopic (exact) mass is 501 g/mol. The molecule has 1 aliphatic rings. The van der Waals surface area contributed by atoms with Crippen molar-refractivity contribution in [3.63, 3.8) is 0 Å². The number of carbonyl (C=O) groups is 2. The van der Waals surface area contributed by atoms with Gasteiger partial charge in [-0.25, -0.2) is 8.42 Å². The van der Waals surface area contributed by atoms with Gasteiger partial charge in [-0.15, -0.1) is 0 Å². The molecule has 1 aliphatic heterocycles. The maximum Gasteiger partial charge on any atom is 0.322 e. The Balaban J connectivity index is 1.59. The van der Waals surface area contributed by atoms with Crippen LogP contribution < -0.4 is 14.8 Å². The first-order valence-corrected chi connectivity index (χ1v) is 12.3. The van der Waals surface area contributed by atoms with Crippen LogP contribution in [0.4, 0.5) is 5.69 Å². The zero-order valence-corrected chi connectivity index (χ0v) is 20.0. The average Bonchev–Trinajstić information content (AvgIpc) is 2.86. The molecule has 10 nitrogen and oxygen atoms in total. The van der Waals surface area contributed by atoms with Gasteiger partial charge in [0.25, 0.3) is 5.91 Å². The largest absolute Gasteiger partial charge is 0.497 e. The van der Waals surface area contributed by atoms with Gasteiger partial charge in [-0.3, -0.25) is 14.5 Å². The molecule has 1 unspecified atom stereocenters. The van der Waals surface area contributed by atoms with Crippen molar-refractivity contribution < 1.29 is 32.6 Å². The predicted octanol–water partition coefficient (Wildman–Crippen LogP) is 1.40. The second-order valence-corrected chi connectivity index (χ2v) is 9.38. The molecule has 2 aromatic carbocycles. The number of nitrogens with zero attached hydrogens (tertiary/aromatic N) is 1. The number of hydrogen-bond donors (Lipinski definition) is 3. The lowest BCUT2D eigenvalue weighted by molar-refractivity contribution is -0.138. The van der Waals surface area contributed by atoms with Crippen molar-refractivity contribution in [2.45, 2.75) is 17.4 Å². The topological polar surface area (TPSA) is 134 Å². The minimum Gasteiger partial charge on any atom is -0.497 e. The number of sulfonamides is 1. The van der Waals surface area contributed by atoms with Crippen LogP contribution in [0.5, 0.6) is 5.75 Å². The Morgan fingerprint density at radius 2 is 1.74 bits per heavy atom. The van der Waals surface area contributed by atoms with Gasteiger partial charge in [0.2, 0.25) is 10.0 Å². The number of anilines is 1. The number of nitrogens with one attached hydrogen (secondary N) is 2. The van der Waals surface area contributed by atoms with E-state index < -0.39 is 22.0 Å². The summed E-state index contributed by atoms with van der Waals surface area (Å²) in [7, 11) is -2.59. The van der Waals surface area contributed by atoms with Gasteiger partial charge in [-0.2, -0.15) is 4.72 Å². The van der Waals surface area contributed by atoms with Gasteiger partial charge in [0.1, 0.15) is 11.8 Å². The highest BCUT2D eigenvalue weighted by Gasteiger charge is 2.25. The number of aliphatic carboxylic acids is 1. The van der Waals surface area contributed by atoms with E-state index in [-0.39, 0.29) is 17.2 Å². The molecule has 0 radical (unpaired) electrons. The van der Waals surface area contributed by atoms with Crippen LogP contribution in [-0.4, -0.2) is 76.3 Å². The molecule has 0 aromatic heterocycles. The zero-order chi connectivity index (χ0) is 25.3. The highest BCUT2D eigenvalue weighted by Crippen LogP contribution is 2.17. The van der Waals surface area contributed by atoms with Gasteiger partial charge >= 0.3 is 5.97 Å². The summed E-state index contributed by atoms with van der Waals surface area (Å²) in [5.74, 6) is 4.56. The Morgan fingerprint density at radius 3 is 2.34 bits per heavy atom. The highest BCUT2D eigenvalue weighted by molar-refractivity contribution is 7.89. The molecule has 2 aromatic rings. The second-order valence-electron chi connectivity index (χ2n) is 7.67. The molecule has 35 heavy (non-hydrogen) atoms. The summed E-state index contributed by atoms with van der Waals surface area (Å²) in [5.41, 5.74) is 0.789. The highest BCUT2D eigenvalue weighted by atomic mass is 32.2. The third-order valence-corrected chi connectivity index (χ3v) is 6.70. The van der Waals surface area contributed by atoms with Crippen LogP contribution >= 0.6 is 0 Å². The molecule has 11 heteroatoms. The van der Waals surface area contributed by atoms with Crippen LogP contribution in [0, 0.1) is 11.8 Å². The number of amides is 1. The van der Waals surface area contributed by atoms with E-state index in [1.165, 1.54) is 31.4 Å². The summed E-state index contributed by atoms with van der Waals surface area (Å²) >= 11 is 0. The number of benzene rings is 2.